The summed E-state index contributed by atoms with van der Waals surface area (Å²) in [7, 11) is -1.33. The minimum atomic E-state index is -3.46. The van der Waals surface area contributed by atoms with Crippen molar-refractivity contribution >= 4 is 42.9 Å². The van der Waals surface area contributed by atoms with Crippen LogP contribution in [0.25, 0.3) is 10.1 Å². The number of rotatable bonds is 8. The van der Waals surface area contributed by atoms with Gasteiger partial charge < -0.3 is 15.1 Å². The second-order valence-corrected chi connectivity index (χ2v) is 13.8. The van der Waals surface area contributed by atoms with Gasteiger partial charge in [-0.05, 0) is 70.7 Å². The van der Waals surface area contributed by atoms with Crippen LogP contribution < -0.4 is 5.32 Å². The topological polar surface area (TPSA) is 69.7 Å². The van der Waals surface area contributed by atoms with Gasteiger partial charge in [0.05, 0.1) is 16.3 Å². The normalized spacial score (nSPS) is 24.9. The number of amides is 1. The average Bonchev–Trinajstić information content (AvgIpc) is 3.47. The summed E-state index contributed by atoms with van der Waals surface area (Å²) in [6.45, 7) is 5.02. The second kappa shape index (κ2) is 10.8. The second-order valence-electron chi connectivity index (χ2n) is 10.8. The summed E-state index contributed by atoms with van der Waals surface area (Å²) >= 11 is 1.68. The summed E-state index contributed by atoms with van der Waals surface area (Å²) in [5.74, 6) is 0.0640. The van der Waals surface area contributed by atoms with Crippen molar-refractivity contribution in [2.24, 2.45) is 5.92 Å². The Kier molecular flexibility index (Phi) is 7.61. The number of nitrogens with zero attached hydrogens (tertiary/aromatic N) is 2. The Balaban J connectivity index is 1.36. The standard InChI is InChI=1S/C29H37N3O3S2/c1-20(2)31(3)22-13-14-27(21(17-22)19-37(34,35)23-9-5-4-6-10-23)32-16-15-25(29(32)33)30-26-18-36-28-12-8-7-11-24(26)28/h4-12,18,20-22,25,27,30H,13-17,19H2,1-3H3. The first kappa shape index (κ1) is 26.2. The van der Waals surface area contributed by atoms with E-state index in [1.807, 2.05) is 23.1 Å². The van der Waals surface area contributed by atoms with E-state index < -0.39 is 9.84 Å². The van der Waals surface area contributed by atoms with Gasteiger partial charge in [-0.2, -0.15) is 0 Å². The third-order valence-electron chi connectivity index (χ3n) is 8.29. The van der Waals surface area contributed by atoms with Crippen molar-refractivity contribution in [3.63, 3.8) is 0 Å². The number of fused-ring (bicyclic) bond motifs is 1. The van der Waals surface area contributed by atoms with Crippen molar-refractivity contribution in [1.29, 1.82) is 0 Å². The van der Waals surface area contributed by atoms with Crippen LogP contribution in [0.2, 0.25) is 0 Å². The van der Waals surface area contributed by atoms with Crippen molar-refractivity contribution in [3.8, 4) is 0 Å². The van der Waals surface area contributed by atoms with Gasteiger partial charge in [-0.3, -0.25) is 4.79 Å². The minimum Gasteiger partial charge on any atom is -0.372 e. The van der Waals surface area contributed by atoms with Crippen molar-refractivity contribution in [2.75, 3.05) is 24.7 Å². The molecule has 4 unspecified atom stereocenters. The van der Waals surface area contributed by atoms with Crippen LogP contribution in [0.15, 0.2) is 64.9 Å². The highest BCUT2D eigenvalue weighted by molar-refractivity contribution is 7.91. The van der Waals surface area contributed by atoms with Crippen molar-refractivity contribution in [3.05, 3.63) is 60.0 Å². The van der Waals surface area contributed by atoms with Crippen LogP contribution in [0, 0.1) is 5.92 Å². The third-order valence-corrected chi connectivity index (χ3v) is 11.1. The molecule has 2 heterocycles. The van der Waals surface area contributed by atoms with Gasteiger partial charge >= 0.3 is 0 Å². The Labute approximate surface area is 224 Å². The van der Waals surface area contributed by atoms with Crippen LogP contribution in [-0.4, -0.2) is 67.6 Å². The Morgan fingerprint density at radius 2 is 1.78 bits per heavy atom. The molecule has 198 valence electrons. The van der Waals surface area contributed by atoms with Crippen molar-refractivity contribution in [1.82, 2.24) is 9.80 Å². The first-order chi connectivity index (χ1) is 17.7. The molecule has 6 nitrogen and oxygen atoms in total. The maximum Gasteiger partial charge on any atom is 0.245 e. The molecule has 8 heteroatoms. The lowest BCUT2D eigenvalue weighted by Gasteiger charge is -2.44. The van der Waals surface area contributed by atoms with E-state index >= 15 is 0 Å². The highest BCUT2D eigenvalue weighted by atomic mass is 32.2. The number of anilines is 1. The maximum atomic E-state index is 13.7. The van der Waals surface area contributed by atoms with Gasteiger partial charge in [0, 0.05) is 40.1 Å². The summed E-state index contributed by atoms with van der Waals surface area (Å²) in [5.41, 5.74) is 1.01. The molecule has 2 fully saturated rings. The maximum absolute atomic E-state index is 13.7. The molecule has 1 aliphatic heterocycles. The zero-order chi connectivity index (χ0) is 26.2. The number of likely N-dealkylation sites (tertiary alicyclic amines) is 1. The molecule has 4 atom stereocenters. The van der Waals surface area contributed by atoms with E-state index in [1.54, 1.807) is 35.6 Å². The number of nitrogens with one attached hydrogen (secondary N) is 1. The number of thiophene rings is 1. The van der Waals surface area contributed by atoms with E-state index in [1.165, 1.54) is 4.70 Å². The SMILES string of the molecule is CC(C)N(C)C1CCC(N2CCC(Nc3csc4ccccc34)C2=O)C(CS(=O)(=O)c2ccccc2)C1. The van der Waals surface area contributed by atoms with E-state index in [4.69, 9.17) is 0 Å². The Hall–Kier alpha value is -2.42. The molecule has 37 heavy (non-hydrogen) atoms. The number of carbonyl (C=O) groups is 1. The Morgan fingerprint density at radius 3 is 2.54 bits per heavy atom. The number of carbonyl (C=O) groups excluding carboxylic acids is 1. The molecule has 0 radical (unpaired) electrons. The summed E-state index contributed by atoms with van der Waals surface area (Å²) in [6, 6.07) is 17.3. The van der Waals surface area contributed by atoms with Crippen LogP contribution in [0.4, 0.5) is 5.69 Å². The van der Waals surface area contributed by atoms with Gasteiger partial charge in [0.1, 0.15) is 6.04 Å². The van der Waals surface area contributed by atoms with E-state index in [0.717, 1.165) is 36.8 Å². The van der Waals surface area contributed by atoms with Crippen LogP contribution >= 0.6 is 11.3 Å². The molecule has 2 aromatic carbocycles. The van der Waals surface area contributed by atoms with Gasteiger partial charge in [0.2, 0.25) is 5.91 Å². The quantitative estimate of drug-likeness (QED) is 0.423. The number of sulfone groups is 1. The number of hydrogen-bond donors (Lipinski definition) is 1. The molecule has 0 spiro atoms. The highest BCUT2D eigenvalue weighted by Crippen LogP contribution is 2.37. The number of benzene rings is 2. The fourth-order valence-corrected chi connectivity index (χ4v) is 8.64. The zero-order valence-corrected chi connectivity index (χ0v) is 23.5. The van der Waals surface area contributed by atoms with Gasteiger partial charge in [-0.25, -0.2) is 8.42 Å². The molecular formula is C29H37N3O3S2. The first-order valence-electron chi connectivity index (χ1n) is 13.3. The summed E-state index contributed by atoms with van der Waals surface area (Å²) < 4.78 is 28.0. The van der Waals surface area contributed by atoms with Crippen molar-refractivity contribution in [2.45, 2.75) is 68.6 Å². The predicted molar refractivity (Wildman–Crippen MR) is 152 cm³/mol. The van der Waals surface area contributed by atoms with Gasteiger partial charge in [0.25, 0.3) is 0 Å². The van der Waals surface area contributed by atoms with Crippen LogP contribution in [0.5, 0.6) is 0 Å². The van der Waals surface area contributed by atoms with Crippen LogP contribution in [0.3, 0.4) is 0 Å². The number of hydrogen-bond acceptors (Lipinski definition) is 6. The van der Waals surface area contributed by atoms with E-state index in [9.17, 15) is 13.2 Å². The van der Waals surface area contributed by atoms with E-state index in [0.29, 0.717) is 23.5 Å². The van der Waals surface area contributed by atoms with E-state index in [-0.39, 0.29) is 29.7 Å². The predicted octanol–water partition coefficient (Wildman–Crippen LogP) is 5.27. The molecule has 1 saturated carbocycles. The molecule has 3 aromatic rings. The molecular weight excluding hydrogens is 502 g/mol. The monoisotopic (exact) mass is 539 g/mol. The lowest BCUT2D eigenvalue weighted by atomic mass is 9.81. The smallest absolute Gasteiger partial charge is 0.245 e. The molecule has 0 bridgehead atoms. The fraction of sp³-hybridized carbons (Fsp3) is 0.483. The molecule has 1 aromatic heterocycles. The van der Waals surface area contributed by atoms with Gasteiger partial charge in [0.15, 0.2) is 9.84 Å². The lowest BCUT2D eigenvalue weighted by Crippen LogP contribution is -2.52. The van der Waals surface area contributed by atoms with Crippen LogP contribution in [-0.2, 0) is 14.6 Å². The average molecular weight is 540 g/mol. The van der Waals surface area contributed by atoms with Gasteiger partial charge in [-0.1, -0.05) is 36.4 Å². The summed E-state index contributed by atoms with van der Waals surface area (Å²) in [6.07, 6.45) is 3.31. The summed E-state index contributed by atoms with van der Waals surface area (Å²) in [4.78, 5) is 18.4. The first-order valence-corrected chi connectivity index (χ1v) is 15.8. The largest absolute Gasteiger partial charge is 0.372 e. The Morgan fingerprint density at radius 1 is 1.05 bits per heavy atom. The lowest BCUT2D eigenvalue weighted by molar-refractivity contribution is -0.132. The van der Waals surface area contributed by atoms with Crippen LogP contribution in [0.1, 0.15) is 39.5 Å². The minimum absolute atomic E-state index is 0.0613. The zero-order valence-electron chi connectivity index (χ0n) is 21.8. The highest BCUT2D eigenvalue weighted by Gasteiger charge is 2.44. The molecule has 2 aliphatic rings. The third kappa shape index (κ3) is 5.42. The molecule has 1 amide bonds. The fourth-order valence-electron chi connectivity index (χ4n) is 6.05. The molecule has 1 N–H and O–H groups in total. The van der Waals surface area contributed by atoms with Crippen molar-refractivity contribution < 1.29 is 13.2 Å². The van der Waals surface area contributed by atoms with Gasteiger partial charge in [-0.15, -0.1) is 11.3 Å². The Bertz CT molecular complexity index is 1340. The molecule has 1 saturated heterocycles. The molecule has 5 rings (SSSR count). The summed E-state index contributed by atoms with van der Waals surface area (Å²) in [5, 5.41) is 6.73. The molecule has 1 aliphatic carbocycles. The van der Waals surface area contributed by atoms with E-state index in [2.05, 4.69) is 48.6 Å².